The summed E-state index contributed by atoms with van der Waals surface area (Å²) in [5.74, 6) is -1.73. The molecule has 5 heteroatoms. The zero-order chi connectivity index (χ0) is 20.9. The largest absolute Gasteiger partial charge is 0.496 e. The van der Waals surface area contributed by atoms with Crippen molar-refractivity contribution in [2.75, 3.05) is 7.11 Å². The number of carbonyl (C=O) groups is 2. The Morgan fingerprint density at radius 1 is 1.07 bits per heavy atom. The lowest BCUT2D eigenvalue weighted by molar-refractivity contribution is -0.155. The number of methoxy groups -OCH3 is 1. The second-order valence-corrected chi connectivity index (χ2v) is 7.64. The number of ketones is 1. The SMILES string of the molecule is CC[C@@H](CC(=O)OC(C)(C)C)c1ccc(OC)c(C(=O)c2ccccc2)c1F. The van der Waals surface area contributed by atoms with Crippen LogP contribution < -0.4 is 4.74 Å². The number of esters is 1. The van der Waals surface area contributed by atoms with Gasteiger partial charge >= 0.3 is 5.97 Å². The topological polar surface area (TPSA) is 52.6 Å². The van der Waals surface area contributed by atoms with Gasteiger partial charge in [-0.05, 0) is 44.7 Å². The number of rotatable bonds is 7. The van der Waals surface area contributed by atoms with Crippen LogP contribution in [-0.2, 0) is 9.53 Å². The summed E-state index contributed by atoms with van der Waals surface area (Å²) < 4.78 is 26.0. The van der Waals surface area contributed by atoms with Crippen LogP contribution in [0.15, 0.2) is 42.5 Å². The molecule has 0 spiro atoms. The molecular weight excluding hydrogens is 359 g/mol. The number of benzene rings is 2. The van der Waals surface area contributed by atoms with Gasteiger partial charge in [0.05, 0.1) is 13.5 Å². The molecule has 0 N–H and O–H groups in total. The molecule has 2 aromatic carbocycles. The molecule has 0 heterocycles. The first-order valence-electron chi connectivity index (χ1n) is 9.36. The predicted molar refractivity (Wildman–Crippen MR) is 106 cm³/mol. The number of hydrogen-bond donors (Lipinski definition) is 0. The van der Waals surface area contributed by atoms with Gasteiger partial charge in [0.15, 0.2) is 5.78 Å². The third-order valence-corrected chi connectivity index (χ3v) is 4.38. The molecule has 0 radical (unpaired) electrons. The Morgan fingerprint density at radius 3 is 2.25 bits per heavy atom. The quantitative estimate of drug-likeness (QED) is 0.479. The second-order valence-electron chi connectivity index (χ2n) is 7.64. The molecular formula is C23H27FO4. The van der Waals surface area contributed by atoms with E-state index in [0.29, 0.717) is 17.5 Å². The molecule has 150 valence electrons. The van der Waals surface area contributed by atoms with Crippen LogP contribution in [0.25, 0.3) is 0 Å². The van der Waals surface area contributed by atoms with Crippen LogP contribution in [0.1, 0.15) is 67.9 Å². The number of hydrogen-bond acceptors (Lipinski definition) is 4. The van der Waals surface area contributed by atoms with Crippen LogP contribution in [0.4, 0.5) is 4.39 Å². The van der Waals surface area contributed by atoms with Gasteiger partial charge in [-0.25, -0.2) is 4.39 Å². The van der Waals surface area contributed by atoms with Crippen molar-refractivity contribution in [3.63, 3.8) is 0 Å². The van der Waals surface area contributed by atoms with E-state index in [-0.39, 0.29) is 17.7 Å². The summed E-state index contributed by atoms with van der Waals surface area (Å²) in [6.07, 6.45) is 0.567. The summed E-state index contributed by atoms with van der Waals surface area (Å²) in [5, 5.41) is 0. The normalized spacial score (nSPS) is 12.4. The van der Waals surface area contributed by atoms with Crippen molar-refractivity contribution >= 4 is 11.8 Å². The van der Waals surface area contributed by atoms with Crippen LogP contribution in [-0.4, -0.2) is 24.5 Å². The van der Waals surface area contributed by atoms with Gasteiger partial charge in [0.1, 0.15) is 22.7 Å². The fourth-order valence-electron chi connectivity index (χ4n) is 3.06. The predicted octanol–water partition coefficient (Wildman–Crippen LogP) is 5.29. The van der Waals surface area contributed by atoms with E-state index in [1.54, 1.807) is 63.2 Å². The molecule has 0 bridgehead atoms. The zero-order valence-corrected chi connectivity index (χ0v) is 17.0. The lowest BCUT2D eigenvalue weighted by Gasteiger charge is -2.23. The Bertz CT molecular complexity index is 838. The maximum Gasteiger partial charge on any atom is 0.306 e. The van der Waals surface area contributed by atoms with Gasteiger partial charge in [0, 0.05) is 5.56 Å². The van der Waals surface area contributed by atoms with Crippen molar-refractivity contribution < 1.29 is 23.5 Å². The van der Waals surface area contributed by atoms with Crippen LogP contribution in [0, 0.1) is 5.82 Å². The third-order valence-electron chi connectivity index (χ3n) is 4.38. The maximum absolute atomic E-state index is 15.4. The minimum Gasteiger partial charge on any atom is -0.496 e. The molecule has 0 aliphatic heterocycles. The second kappa shape index (κ2) is 9.00. The molecule has 0 fully saturated rings. The van der Waals surface area contributed by atoms with E-state index in [2.05, 4.69) is 0 Å². The van der Waals surface area contributed by atoms with E-state index in [4.69, 9.17) is 9.47 Å². The van der Waals surface area contributed by atoms with Crippen molar-refractivity contribution in [1.82, 2.24) is 0 Å². The van der Waals surface area contributed by atoms with Crippen molar-refractivity contribution in [3.8, 4) is 5.75 Å². The van der Waals surface area contributed by atoms with E-state index < -0.39 is 29.1 Å². The third kappa shape index (κ3) is 5.18. The van der Waals surface area contributed by atoms with Crippen LogP contribution >= 0.6 is 0 Å². The maximum atomic E-state index is 15.4. The molecule has 0 aliphatic rings. The van der Waals surface area contributed by atoms with E-state index in [1.165, 1.54) is 7.11 Å². The van der Waals surface area contributed by atoms with Gasteiger partial charge in [0.2, 0.25) is 0 Å². The molecule has 0 unspecified atom stereocenters. The highest BCUT2D eigenvalue weighted by Crippen LogP contribution is 2.34. The van der Waals surface area contributed by atoms with Crippen molar-refractivity contribution in [3.05, 3.63) is 65.0 Å². The summed E-state index contributed by atoms with van der Waals surface area (Å²) in [4.78, 5) is 25.1. The lowest BCUT2D eigenvalue weighted by atomic mass is 9.89. The van der Waals surface area contributed by atoms with Gasteiger partial charge in [-0.1, -0.05) is 43.3 Å². The summed E-state index contributed by atoms with van der Waals surface area (Å²) in [7, 11) is 1.40. The highest BCUT2D eigenvalue weighted by molar-refractivity contribution is 6.11. The Balaban J connectivity index is 2.42. The zero-order valence-electron chi connectivity index (χ0n) is 17.0. The Kier molecular flexibility index (Phi) is 6.95. The summed E-state index contributed by atoms with van der Waals surface area (Å²) in [6.45, 7) is 7.24. The van der Waals surface area contributed by atoms with E-state index in [0.717, 1.165) is 0 Å². The minimum absolute atomic E-state index is 0.0377. The van der Waals surface area contributed by atoms with Gasteiger partial charge < -0.3 is 9.47 Å². The molecule has 0 aromatic heterocycles. The average molecular weight is 386 g/mol. The first-order valence-corrected chi connectivity index (χ1v) is 9.36. The molecule has 1 atom stereocenters. The highest BCUT2D eigenvalue weighted by atomic mass is 19.1. The van der Waals surface area contributed by atoms with Crippen LogP contribution in [0.2, 0.25) is 0 Å². The standard InChI is InChI=1S/C23H27FO4/c1-6-15(14-19(25)28-23(2,3)4)17-12-13-18(27-5)20(21(17)24)22(26)16-10-8-7-9-11-16/h7-13,15H,6,14H2,1-5H3/t15-/m0/s1. The molecule has 2 aromatic rings. The summed E-state index contributed by atoms with van der Waals surface area (Å²) >= 11 is 0. The Morgan fingerprint density at radius 2 is 1.71 bits per heavy atom. The van der Waals surface area contributed by atoms with E-state index >= 15 is 4.39 Å². The fourth-order valence-corrected chi connectivity index (χ4v) is 3.06. The monoisotopic (exact) mass is 386 g/mol. The van der Waals surface area contributed by atoms with Crippen molar-refractivity contribution in [2.24, 2.45) is 0 Å². The Labute approximate surface area is 165 Å². The van der Waals surface area contributed by atoms with E-state index in [9.17, 15) is 9.59 Å². The van der Waals surface area contributed by atoms with Gasteiger partial charge in [0.25, 0.3) is 0 Å². The fraction of sp³-hybridized carbons (Fsp3) is 0.391. The molecule has 0 aliphatic carbocycles. The van der Waals surface area contributed by atoms with Crippen LogP contribution in [0.3, 0.4) is 0 Å². The minimum atomic E-state index is -0.649. The first-order chi connectivity index (χ1) is 13.2. The van der Waals surface area contributed by atoms with Crippen LogP contribution in [0.5, 0.6) is 5.75 Å². The first kappa shape index (κ1) is 21.6. The average Bonchev–Trinajstić information content (AvgIpc) is 2.64. The lowest BCUT2D eigenvalue weighted by Crippen LogP contribution is -2.25. The van der Waals surface area contributed by atoms with Crippen molar-refractivity contribution in [2.45, 2.75) is 52.1 Å². The summed E-state index contributed by atoms with van der Waals surface area (Å²) in [6, 6.07) is 11.6. The van der Waals surface area contributed by atoms with Gasteiger partial charge in [-0.3, -0.25) is 9.59 Å². The van der Waals surface area contributed by atoms with E-state index in [1.807, 2.05) is 6.92 Å². The number of carbonyl (C=O) groups excluding carboxylic acids is 2. The van der Waals surface area contributed by atoms with Crippen molar-refractivity contribution in [1.29, 1.82) is 0 Å². The highest BCUT2D eigenvalue weighted by Gasteiger charge is 2.27. The molecule has 0 amide bonds. The summed E-state index contributed by atoms with van der Waals surface area (Å²) in [5.41, 5.74) is -0.0401. The smallest absolute Gasteiger partial charge is 0.306 e. The molecule has 28 heavy (non-hydrogen) atoms. The molecule has 0 saturated heterocycles. The van der Waals surface area contributed by atoms with Gasteiger partial charge in [-0.2, -0.15) is 0 Å². The molecule has 0 saturated carbocycles. The molecule has 2 rings (SSSR count). The van der Waals surface area contributed by atoms with Gasteiger partial charge in [-0.15, -0.1) is 0 Å². The Hall–Kier alpha value is -2.69. The number of ether oxygens (including phenoxy) is 2. The molecule has 4 nitrogen and oxygen atoms in total. The number of halogens is 1.